The summed E-state index contributed by atoms with van der Waals surface area (Å²) >= 11 is 7.49. The van der Waals surface area contributed by atoms with Crippen LogP contribution in [0.3, 0.4) is 0 Å². The van der Waals surface area contributed by atoms with Crippen molar-refractivity contribution in [2.45, 2.75) is 13.3 Å². The molecule has 0 aliphatic rings. The van der Waals surface area contributed by atoms with Gasteiger partial charge < -0.3 is 9.88 Å². The highest BCUT2D eigenvalue weighted by Gasteiger charge is 2.08. The second-order valence-corrected chi connectivity index (χ2v) is 7.00. The predicted molar refractivity (Wildman–Crippen MR) is 95.5 cm³/mol. The minimum atomic E-state index is -0.234. The molecular formula is C16H17ClN4OS. The molecule has 1 aromatic carbocycles. The van der Waals surface area contributed by atoms with E-state index in [1.165, 1.54) is 16.9 Å². The van der Waals surface area contributed by atoms with E-state index in [0.29, 0.717) is 11.7 Å². The Balaban J connectivity index is 1.59. The summed E-state index contributed by atoms with van der Waals surface area (Å²) in [6.07, 6.45) is 4.57. The number of carbonyl (C=O) groups is 1. The molecule has 0 saturated carbocycles. The lowest BCUT2D eigenvalue weighted by Crippen LogP contribution is -2.30. The van der Waals surface area contributed by atoms with Crippen LogP contribution in [0, 0.1) is 6.92 Å². The molecular weight excluding hydrogens is 332 g/mol. The maximum absolute atomic E-state index is 11.8. The van der Waals surface area contributed by atoms with Gasteiger partial charge in [0.15, 0.2) is 5.13 Å². The number of nitrogens with zero attached hydrogens (tertiary/aromatic N) is 2. The summed E-state index contributed by atoms with van der Waals surface area (Å²) in [6, 6.07) is 5.62. The van der Waals surface area contributed by atoms with E-state index >= 15 is 0 Å². The largest absolute Gasteiger partial charge is 0.350 e. The number of hydrogen-bond acceptors (Lipinski definition) is 3. The maximum Gasteiger partial charge on any atom is 0.321 e. The molecule has 0 spiro atoms. The first-order valence-electron chi connectivity index (χ1n) is 7.23. The third kappa shape index (κ3) is 3.65. The molecule has 0 bridgehead atoms. The van der Waals surface area contributed by atoms with E-state index in [2.05, 4.69) is 26.4 Å². The summed E-state index contributed by atoms with van der Waals surface area (Å²) in [7, 11) is 1.99. The lowest BCUT2D eigenvalue weighted by Gasteiger charge is -2.05. The number of thiazole rings is 1. The number of urea groups is 1. The average molecular weight is 349 g/mol. The Morgan fingerprint density at radius 1 is 1.43 bits per heavy atom. The number of fused-ring (bicyclic) bond motifs is 1. The molecule has 23 heavy (non-hydrogen) atoms. The van der Waals surface area contributed by atoms with Gasteiger partial charge in [-0.1, -0.05) is 17.7 Å². The molecule has 0 radical (unpaired) electrons. The fourth-order valence-corrected chi connectivity index (χ4v) is 3.33. The first-order valence-corrected chi connectivity index (χ1v) is 8.43. The number of aryl methyl sites for hydroxylation is 2. The lowest BCUT2D eigenvalue weighted by molar-refractivity contribution is 0.252. The normalized spacial score (nSPS) is 10.9. The van der Waals surface area contributed by atoms with Gasteiger partial charge in [-0.05, 0) is 31.0 Å². The molecule has 2 heterocycles. The quantitative estimate of drug-likeness (QED) is 0.749. The first kappa shape index (κ1) is 15.8. The molecule has 5 nitrogen and oxygen atoms in total. The monoisotopic (exact) mass is 348 g/mol. The van der Waals surface area contributed by atoms with Crippen LogP contribution in [0.2, 0.25) is 5.02 Å². The standard InChI is InChI=1S/C16H17ClN4OS/c1-10-8-19-16(23-10)20-15(22)18-6-5-11-9-21(2)14-7-12(17)3-4-13(11)14/h3-4,7-9H,5-6H2,1-2H3,(H2,18,19,20,22). The Morgan fingerprint density at radius 2 is 2.26 bits per heavy atom. The van der Waals surface area contributed by atoms with Crippen LogP contribution in [0.1, 0.15) is 10.4 Å². The van der Waals surface area contributed by atoms with E-state index in [-0.39, 0.29) is 6.03 Å². The van der Waals surface area contributed by atoms with Gasteiger partial charge in [0, 0.05) is 46.8 Å². The van der Waals surface area contributed by atoms with E-state index in [9.17, 15) is 4.79 Å². The Bertz CT molecular complexity index is 855. The van der Waals surface area contributed by atoms with Gasteiger partial charge in [-0.2, -0.15) is 0 Å². The average Bonchev–Trinajstić information content (AvgIpc) is 3.03. The van der Waals surface area contributed by atoms with Crippen LogP contribution in [0.4, 0.5) is 9.93 Å². The molecule has 0 aliphatic heterocycles. The van der Waals surface area contributed by atoms with E-state index < -0.39 is 0 Å². The molecule has 3 aromatic rings. The number of aromatic nitrogens is 2. The maximum atomic E-state index is 11.8. The second kappa shape index (κ2) is 6.60. The molecule has 2 amide bonds. The fraction of sp³-hybridized carbons (Fsp3) is 0.250. The fourth-order valence-electron chi connectivity index (χ4n) is 2.50. The minimum absolute atomic E-state index is 0.234. The molecule has 0 saturated heterocycles. The van der Waals surface area contributed by atoms with E-state index in [1.807, 2.05) is 32.2 Å². The van der Waals surface area contributed by atoms with Crippen LogP contribution >= 0.6 is 22.9 Å². The van der Waals surface area contributed by atoms with Crippen LogP contribution in [-0.4, -0.2) is 22.1 Å². The van der Waals surface area contributed by atoms with Crippen LogP contribution in [-0.2, 0) is 13.5 Å². The van der Waals surface area contributed by atoms with Gasteiger partial charge >= 0.3 is 6.03 Å². The second-order valence-electron chi connectivity index (χ2n) is 5.33. The van der Waals surface area contributed by atoms with Crippen molar-refractivity contribution in [1.82, 2.24) is 14.9 Å². The SMILES string of the molecule is Cc1cnc(NC(=O)NCCc2cn(C)c3cc(Cl)ccc23)s1. The van der Waals surface area contributed by atoms with Gasteiger partial charge in [0.2, 0.25) is 0 Å². The lowest BCUT2D eigenvalue weighted by atomic mass is 10.1. The molecule has 0 fully saturated rings. The number of halogens is 1. The summed E-state index contributed by atoms with van der Waals surface area (Å²) in [5, 5.41) is 8.09. The first-order chi connectivity index (χ1) is 11.0. The Labute approximate surface area is 143 Å². The zero-order valence-electron chi connectivity index (χ0n) is 12.9. The Hall–Kier alpha value is -2.05. The molecule has 2 aromatic heterocycles. The molecule has 120 valence electrons. The number of benzene rings is 1. The summed E-state index contributed by atoms with van der Waals surface area (Å²) in [5.74, 6) is 0. The van der Waals surface area contributed by atoms with Crippen molar-refractivity contribution in [3.05, 3.63) is 46.1 Å². The highest BCUT2D eigenvalue weighted by Crippen LogP contribution is 2.24. The summed E-state index contributed by atoms with van der Waals surface area (Å²) in [5.41, 5.74) is 2.28. The van der Waals surface area contributed by atoms with Gasteiger partial charge in [-0.3, -0.25) is 5.32 Å². The zero-order chi connectivity index (χ0) is 16.4. The van der Waals surface area contributed by atoms with Crippen molar-refractivity contribution < 1.29 is 4.79 Å². The third-order valence-corrected chi connectivity index (χ3v) is 4.62. The highest BCUT2D eigenvalue weighted by molar-refractivity contribution is 7.15. The molecule has 2 N–H and O–H groups in total. The van der Waals surface area contributed by atoms with Crippen molar-refractivity contribution in [2.24, 2.45) is 7.05 Å². The third-order valence-electron chi connectivity index (χ3n) is 3.56. The minimum Gasteiger partial charge on any atom is -0.350 e. The van der Waals surface area contributed by atoms with Crippen LogP contribution in [0.15, 0.2) is 30.6 Å². The van der Waals surface area contributed by atoms with Crippen molar-refractivity contribution in [3.8, 4) is 0 Å². The van der Waals surface area contributed by atoms with Crippen molar-refractivity contribution in [1.29, 1.82) is 0 Å². The van der Waals surface area contributed by atoms with Crippen molar-refractivity contribution in [2.75, 3.05) is 11.9 Å². The Kier molecular flexibility index (Phi) is 4.54. The smallest absolute Gasteiger partial charge is 0.321 e. The predicted octanol–water partition coefficient (Wildman–Crippen LogP) is 3.96. The van der Waals surface area contributed by atoms with E-state index in [0.717, 1.165) is 27.2 Å². The molecule has 0 unspecified atom stereocenters. The number of carbonyl (C=O) groups excluding carboxylic acids is 1. The molecule has 0 atom stereocenters. The van der Waals surface area contributed by atoms with E-state index in [1.54, 1.807) is 6.20 Å². The van der Waals surface area contributed by atoms with Crippen LogP contribution in [0.5, 0.6) is 0 Å². The zero-order valence-corrected chi connectivity index (χ0v) is 14.5. The topological polar surface area (TPSA) is 59.0 Å². The molecule has 3 rings (SSSR count). The highest BCUT2D eigenvalue weighted by atomic mass is 35.5. The summed E-state index contributed by atoms with van der Waals surface area (Å²) < 4.78 is 2.05. The number of rotatable bonds is 4. The van der Waals surface area contributed by atoms with Crippen molar-refractivity contribution in [3.63, 3.8) is 0 Å². The molecule has 0 aliphatic carbocycles. The van der Waals surface area contributed by atoms with Crippen molar-refractivity contribution >= 4 is 45.0 Å². The van der Waals surface area contributed by atoms with E-state index in [4.69, 9.17) is 11.6 Å². The summed E-state index contributed by atoms with van der Waals surface area (Å²) in [6.45, 7) is 2.51. The molecule has 7 heteroatoms. The number of nitrogens with one attached hydrogen (secondary N) is 2. The van der Waals surface area contributed by atoms with Gasteiger partial charge in [0.05, 0.1) is 0 Å². The van der Waals surface area contributed by atoms with Crippen LogP contribution in [0.25, 0.3) is 10.9 Å². The Morgan fingerprint density at radius 3 is 3.00 bits per heavy atom. The number of amides is 2. The van der Waals surface area contributed by atoms with Gasteiger partial charge in [0.1, 0.15) is 0 Å². The van der Waals surface area contributed by atoms with Crippen LogP contribution < -0.4 is 10.6 Å². The van der Waals surface area contributed by atoms with Gasteiger partial charge in [-0.15, -0.1) is 11.3 Å². The number of hydrogen-bond donors (Lipinski definition) is 2. The van der Waals surface area contributed by atoms with Gasteiger partial charge in [-0.25, -0.2) is 9.78 Å². The van der Waals surface area contributed by atoms with Gasteiger partial charge in [0.25, 0.3) is 0 Å². The summed E-state index contributed by atoms with van der Waals surface area (Å²) in [4.78, 5) is 17.0. The number of anilines is 1.